The molecule has 3 saturated heterocycles. The number of rotatable bonds is 8. The Kier molecular flexibility index (Phi) is 16.7. The minimum Gasteiger partial charge on any atom is -0.508 e. The van der Waals surface area contributed by atoms with Crippen LogP contribution in [0.2, 0.25) is 0 Å². The number of aromatic hydroxyl groups is 1. The minimum absolute atomic E-state index is 0.0437. The van der Waals surface area contributed by atoms with E-state index in [2.05, 4.69) is 26.6 Å². The Morgan fingerprint density at radius 1 is 0.725 bits per heavy atom. The van der Waals surface area contributed by atoms with Crippen molar-refractivity contribution < 1.29 is 74.4 Å². The van der Waals surface area contributed by atoms with Crippen LogP contribution in [-0.4, -0.2) is 185 Å². The van der Waals surface area contributed by atoms with E-state index >= 15 is 0 Å². The van der Waals surface area contributed by atoms with Crippen LogP contribution >= 0.6 is 0 Å². The third-order valence-electron chi connectivity index (χ3n) is 12.6. The summed E-state index contributed by atoms with van der Waals surface area (Å²) in [6, 6.07) is 8.37. The molecule has 0 spiro atoms. The van der Waals surface area contributed by atoms with Gasteiger partial charge in [0.1, 0.15) is 48.1 Å². The van der Waals surface area contributed by atoms with Gasteiger partial charge in [0.2, 0.25) is 35.4 Å². The standard InChI is InChI=1S/C47H59N7O15/c1-22-4-8-26(9-5-22)27-10-12-28(13-11-27)40(62)48-31-18-35(60)43(65)52-45(67)38-39(61)23(2)19-54(38)46(68)32(21-55)49-44(66)37(34(59)16-25-6-14-29(57)15-7-25)51-42(64)33-17-30(58)20-53(33)47(69)36(24(3)56)50-41(31)63/h4-15,23-24,30-39,43,55-61,65H,16-21H2,1-3H3,(H,48,62)(H,49,66)(H,50,63)(H,51,64)(H,52,67)/t23-,24+,30+,31?,32-,33-,34+,35?,36-,37-,38-,39-,43?/m0/s1. The molecule has 22 heteroatoms. The Morgan fingerprint density at radius 2 is 1.33 bits per heavy atom. The molecule has 13 N–H and O–H groups in total. The van der Waals surface area contributed by atoms with E-state index in [1.165, 1.54) is 43.3 Å². The van der Waals surface area contributed by atoms with Gasteiger partial charge in [-0.1, -0.05) is 61.0 Å². The fraction of sp³-hybridized carbons (Fsp3) is 0.468. The van der Waals surface area contributed by atoms with Gasteiger partial charge in [-0.05, 0) is 54.8 Å². The summed E-state index contributed by atoms with van der Waals surface area (Å²) in [5.41, 5.74) is 3.06. The van der Waals surface area contributed by atoms with Crippen LogP contribution in [0.15, 0.2) is 72.8 Å². The van der Waals surface area contributed by atoms with E-state index in [1.807, 2.05) is 31.2 Å². The predicted molar refractivity (Wildman–Crippen MR) is 242 cm³/mol. The molecule has 6 rings (SSSR count). The van der Waals surface area contributed by atoms with Crippen LogP contribution in [0, 0.1) is 12.8 Å². The first-order valence-corrected chi connectivity index (χ1v) is 22.4. The van der Waals surface area contributed by atoms with Crippen molar-refractivity contribution in [3.63, 3.8) is 0 Å². The summed E-state index contributed by atoms with van der Waals surface area (Å²) >= 11 is 0. The molecular weight excluding hydrogens is 903 g/mol. The maximum atomic E-state index is 14.3. The van der Waals surface area contributed by atoms with Crippen molar-refractivity contribution in [3.05, 3.63) is 89.5 Å². The molecule has 7 amide bonds. The number of amides is 7. The van der Waals surface area contributed by atoms with Crippen LogP contribution in [0.1, 0.15) is 48.2 Å². The van der Waals surface area contributed by atoms with E-state index in [9.17, 15) is 74.4 Å². The van der Waals surface area contributed by atoms with E-state index in [0.29, 0.717) is 5.56 Å². The maximum absolute atomic E-state index is 14.3. The molecule has 0 bridgehead atoms. The number of aliphatic hydroxyl groups excluding tert-OH is 7. The average molecular weight is 962 g/mol. The van der Waals surface area contributed by atoms with Crippen LogP contribution < -0.4 is 26.6 Å². The third kappa shape index (κ3) is 12.2. The Labute approximate surface area is 396 Å². The summed E-state index contributed by atoms with van der Waals surface area (Å²) in [6.45, 7) is 2.61. The molecule has 3 unspecified atom stereocenters. The summed E-state index contributed by atoms with van der Waals surface area (Å²) < 4.78 is 0. The predicted octanol–water partition coefficient (Wildman–Crippen LogP) is -3.73. The first-order chi connectivity index (χ1) is 32.7. The van der Waals surface area contributed by atoms with E-state index < -0.39 is 146 Å². The molecule has 3 fully saturated rings. The highest BCUT2D eigenvalue weighted by Crippen LogP contribution is 2.27. The van der Waals surface area contributed by atoms with Crippen molar-refractivity contribution >= 4 is 41.4 Å². The summed E-state index contributed by atoms with van der Waals surface area (Å²) in [4.78, 5) is 100. The molecule has 3 aliphatic rings. The normalized spacial score (nSPS) is 29.6. The smallest absolute Gasteiger partial charge is 0.251 e. The number of benzene rings is 3. The van der Waals surface area contributed by atoms with Gasteiger partial charge in [-0.3, -0.25) is 33.6 Å². The van der Waals surface area contributed by atoms with E-state index in [0.717, 1.165) is 33.4 Å². The van der Waals surface area contributed by atoms with Gasteiger partial charge in [-0.2, -0.15) is 0 Å². The van der Waals surface area contributed by atoms with E-state index in [1.54, 1.807) is 12.1 Å². The number of hydrogen-bond donors (Lipinski definition) is 13. The molecule has 3 heterocycles. The minimum atomic E-state index is -2.24. The molecule has 0 saturated carbocycles. The number of aryl methyl sites for hydroxylation is 1. The lowest BCUT2D eigenvalue weighted by Gasteiger charge is -2.32. The lowest BCUT2D eigenvalue weighted by molar-refractivity contribution is -0.147. The second kappa shape index (κ2) is 22.3. The number of nitrogens with zero attached hydrogens (tertiary/aromatic N) is 2. The van der Waals surface area contributed by atoms with Crippen molar-refractivity contribution in [2.75, 3.05) is 19.7 Å². The number of hydrogen-bond acceptors (Lipinski definition) is 15. The molecule has 3 aliphatic heterocycles. The second-order valence-corrected chi connectivity index (χ2v) is 17.9. The highest BCUT2D eigenvalue weighted by molar-refractivity contribution is 6.00. The topological polar surface area (TPSA) is 348 Å². The lowest BCUT2D eigenvalue weighted by atomic mass is 10.00. The number of carbonyl (C=O) groups is 7. The second-order valence-electron chi connectivity index (χ2n) is 17.9. The van der Waals surface area contributed by atoms with Crippen molar-refractivity contribution in [1.82, 2.24) is 36.4 Å². The molecule has 0 radical (unpaired) electrons. The monoisotopic (exact) mass is 961 g/mol. The molecule has 3 aromatic carbocycles. The SMILES string of the molecule is Cc1ccc(-c2ccc(C(=O)NC3CC(O)C(O)NC(=O)[C@@H]4[C@@H](O)[C@@H](C)CN4C(=O)[C@H](CO)NC(=O)[C@H]([C@H](O)Cc4ccc(O)cc4)NC(=O)[C@@H]4C[C@@H](O)CN4C(=O)[C@H]([C@@H](C)O)NC3=O)cc2)cc1. The van der Waals surface area contributed by atoms with Crippen molar-refractivity contribution in [2.45, 2.75) is 113 Å². The van der Waals surface area contributed by atoms with Crippen LogP contribution in [0.25, 0.3) is 11.1 Å². The van der Waals surface area contributed by atoms with Gasteiger partial charge in [0, 0.05) is 43.8 Å². The third-order valence-corrected chi connectivity index (χ3v) is 12.6. The van der Waals surface area contributed by atoms with Crippen LogP contribution in [0.4, 0.5) is 0 Å². The van der Waals surface area contributed by atoms with Crippen molar-refractivity contribution in [1.29, 1.82) is 0 Å². The van der Waals surface area contributed by atoms with Crippen LogP contribution in [0.3, 0.4) is 0 Å². The van der Waals surface area contributed by atoms with Gasteiger partial charge in [0.15, 0.2) is 6.23 Å². The lowest BCUT2D eigenvalue weighted by Crippen LogP contribution is -2.63. The molecule has 22 nitrogen and oxygen atoms in total. The highest BCUT2D eigenvalue weighted by atomic mass is 16.3. The Bertz CT molecular complexity index is 2350. The van der Waals surface area contributed by atoms with E-state index in [4.69, 9.17) is 0 Å². The first-order valence-electron chi connectivity index (χ1n) is 22.4. The molecule has 0 aromatic heterocycles. The van der Waals surface area contributed by atoms with Crippen LogP contribution in [-0.2, 0) is 35.2 Å². The van der Waals surface area contributed by atoms with Gasteiger partial charge in [-0.15, -0.1) is 0 Å². The number of aliphatic hydroxyl groups is 7. The average Bonchev–Trinajstić information content (AvgIpc) is 3.86. The first kappa shape index (κ1) is 51.9. The molecule has 0 aliphatic carbocycles. The maximum Gasteiger partial charge on any atom is 0.251 e. The summed E-state index contributed by atoms with van der Waals surface area (Å²) in [5.74, 6) is -8.74. The van der Waals surface area contributed by atoms with Gasteiger partial charge in [0.25, 0.3) is 5.91 Å². The summed E-state index contributed by atoms with van der Waals surface area (Å²) in [6.07, 6.45) is -12.4. The van der Waals surface area contributed by atoms with E-state index in [-0.39, 0.29) is 24.3 Å². The van der Waals surface area contributed by atoms with Crippen molar-refractivity contribution in [3.8, 4) is 16.9 Å². The number of phenolic OH excluding ortho intramolecular Hbond substituents is 1. The fourth-order valence-electron chi connectivity index (χ4n) is 8.63. The zero-order valence-electron chi connectivity index (χ0n) is 38.0. The van der Waals surface area contributed by atoms with Crippen LogP contribution in [0.5, 0.6) is 5.75 Å². The van der Waals surface area contributed by atoms with Gasteiger partial charge in [0.05, 0.1) is 31.0 Å². The number of nitrogens with one attached hydrogen (secondary N) is 5. The summed E-state index contributed by atoms with van der Waals surface area (Å²) in [5, 5.41) is 98.6. The van der Waals surface area contributed by atoms with Gasteiger partial charge < -0.3 is 77.2 Å². The number of carbonyl (C=O) groups excluding carboxylic acids is 7. The van der Waals surface area contributed by atoms with Crippen molar-refractivity contribution in [2.24, 2.45) is 5.92 Å². The Balaban J connectivity index is 1.36. The fourth-order valence-corrected chi connectivity index (χ4v) is 8.63. The summed E-state index contributed by atoms with van der Waals surface area (Å²) in [7, 11) is 0. The molecule has 372 valence electrons. The molecular formula is C47H59N7O15. The quantitative estimate of drug-likeness (QED) is 0.103. The molecule has 3 aromatic rings. The zero-order chi connectivity index (χ0) is 50.4. The largest absolute Gasteiger partial charge is 0.508 e. The molecule has 69 heavy (non-hydrogen) atoms. The molecule has 13 atom stereocenters. The van der Waals surface area contributed by atoms with Gasteiger partial charge >= 0.3 is 0 Å². The number of phenols is 1. The van der Waals surface area contributed by atoms with Gasteiger partial charge in [-0.25, -0.2) is 0 Å². The Morgan fingerprint density at radius 3 is 1.94 bits per heavy atom. The number of fused-ring (bicyclic) bond motifs is 2. The zero-order valence-corrected chi connectivity index (χ0v) is 38.0. The Hall–Kier alpha value is -6.53. The highest BCUT2D eigenvalue weighted by Gasteiger charge is 2.49.